The second kappa shape index (κ2) is 4.49. The summed E-state index contributed by atoms with van der Waals surface area (Å²) >= 11 is -1.96. The van der Waals surface area contributed by atoms with Gasteiger partial charge >= 0.3 is 101 Å². The van der Waals surface area contributed by atoms with Gasteiger partial charge in [-0.05, 0) is 0 Å². The molecule has 0 aromatic carbocycles. The van der Waals surface area contributed by atoms with Gasteiger partial charge in [-0.15, -0.1) is 0 Å². The molecule has 2 fully saturated rings. The minimum absolute atomic E-state index is 0.306. The number of alkyl halides is 1. The molecule has 0 spiro atoms. The Labute approximate surface area is 101 Å². The molecule has 1 aliphatic heterocycles. The molecule has 1 aliphatic carbocycles. The zero-order chi connectivity index (χ0) is 11.2. The van der Waals surface area contributed by atoms with Gasteiger partial charge in [0.05, 0.1) is 0 Å². The molecule has 1 N–H and O–H groups in total. The van der Waals surface area contributed by atoms with Crippen LogP contribution in [0, 0.1) is 29.6 Å². The number of hydrogen-bond donors (Lipinski definition) is 1. The zero-order valence-electron chi connectivity index (χ0n) is 10.1. The molecule has 1 saturated carbocycles. The van der Waals surface area contributed by atoms with Gasteiger partial charge in [-0.1, -0.05) is 0 Å². The van der Waals surface area contributed by atoms with Crippen LogP contribution in [-0.4, -0.2) is 14.0 Å². The summed E-state index contributed by atoms with van der Waals surface area (Å²) in [6, 6.07) is 0. The first-order valence-corrected chi connectivity index (χ1v) is 9.40. The summed E-state index contributed by atoms with van der Waals surface area (Å²) < 4.78 is 16.3. The quantitative estimate of drug-likeness (QED) is 0.592. The number of halogens is 1. The van der Waals surface area contributed by atoms with Crippen LogP contribution >= 0.6 is 20.6 Å². The van der Waals surface area contributed by atoms with E-state index in [0.717, 1.165) is 28.1 Å². The maximum absolute atomic E-state index is 9.70. The van der Waals surface area contributed by atoms with E-state index in [1.165, 1.54) is 6.42 Å². The first-order valence-electron chi connectivity index (χ1n) is 6.03. The molecule has 6 atom stereocenters. The van der Waals surface area contributed by atoms with E-state index in [1.807, 2.05) is 0 Å². The van der Waals surface area contributed by atoms with Crippen molar-refractivity contribution < 1.29 is 6.50 Å². The molecule has 90 valence electrons. The van der Waals surface area contributed by atoms with E-state index in [-0.39, 0.29) is 0 Å². The maximum atomic E-state index is 9.70. The van der Waals surface area contributed by atoms with Crippen LogP contribution in [0.25, 0.3) is 0 Å². The summed E-state index contributed by atoms with van der Waals surface area (Å²) in [5.41, 5.74) is 0. The zero-order valence-corrected chi connectivity index (χ0v) is 12.3. The monoisotopic (exact) mass is 326 g/mol. The van der Waals surface area contributed by atoms with Gasteiger partial charge < -0.3 is 0 Å². The van der Waals surface area contributed by atoms with Crippen LogP contribution in [0.3, 0.4) is 0 Å². The first-order chi connectivity index (χ1) is 7.00. The Kier molecular flexibility index (Phi) is 3.63. The fourth-order valence-corrected chi connectivity index (χ4v) is 7.31. The number of hydrogen-bond acceptors (Lipinski definition) is 2. The molecule has 1 unspecified atom stereocenters. The van der Waals surface area contributed by atoms with Crippen molar-refractivity contribution in [2.45, 2.75) is 40.2 Å². The van der Waals surface area contributed by atoms with E-state index in [2.05, 4.69) is 27.7 Å². The van der Waals surface area contributed by atoms with E-state index < -0.39 is 20.6 Å². The summed E-state index contributed by atoms with van der Waals surface area (Å²) in [5.74, 6) is 3.88. The summed E-state index contributed by atoms with van der Waals surface area (Å²) in [6.45, 7) is 9.29. The fraction of sp³-hybridized carbons (Fsp3) is 1.00. The van der Waals surface area contributed by atoms with E-state index in [9.17, 15) is 3.44 Å². The van der Waals surface area contributed by atoms with Crippen molar-refractivity contribution in [1.29, 1.82) is 0 Å². The molecular formula is C12H23IO2. The Morgan fingerprint density at radius 1 is 1.13 bits per heavy atom. The molecule has 1 heterocycles. The molecule has 15 heavy (non-hydrogen) atoms. The molecule has 3 heteroatoms. The van der Waals surface area contributed by atoms with Crippen molar-refractivity contribution in [2.24, 2.45) is 29.6 Å². The van der Waals surface area contributed by atoms with Crippen LogP contribution in [0.15, 0.2) is 0 Å². The molecule has 1 saturated heterocycles. The summed E-state index contributed by atoms with van der Waals surface area (Å²) in [6.07, 6.45) is 1.66. The number of rotatable bonds is 1. The summed E-state index contributed by atoms with van der Waals surface area (Å²) in [7, 11) is 0. The predicted octanol–water partition coefficient (Wildman–Crippen LogP) is 3.28. The van der Waals surface area contributed by atoms with Crippen molar-refractivity contribution in [1.82, 2.24) is 0 Å². The predicted molar refractivity (Wildman–Crippen MR) is 70.7 cm³/mol. The molecule has 2 rings (SSSR count). The Morgan fingerprint density at radius 2 is 1.80 bits per heavy atom. The van der Waals surface area contributed by atoms with Crippen LogP contribution in [0.1, 0.15) is 34.1 Å². The molecule has 0 aromatic heterocycles. The van der Waals surface area contributed by atoms with Gasteiger partial charge in [0.2, 0.25) is 0 Å². The first kappa shape index (κ1) is 12.1. The standard InChI is InChI=1S/C12H23IO2/c1-7-5-8(2)12(9(7)3)11-6-13(14)15-10(11)4/h7-12,14H,5-6H2,1-4H3/t7-,8?,9-,10+,11+,12+/m0/s1. The SMILES string of the molecule is CC1C[C@H](C)[C@H](C)[C@@H]1[C@@H]1CI(O)O[C@@H]1C. The third-order valence-electron chi connectivity index (χ3n) is 4.56. The van der Waals surface area contributed by atoms with Crippen LogP contribution in [0.4, 0.5) is 0 Å². The third kappa shape index (κ3) is 2.20. The van der Waals surface area contributed by atoms with Crippen molar-refractivity contribution >= 4 is 20.6 Å². The van der Waals surface area contributed by atoms with Gasteiger partial charge in [0.1, 0.15) is 0 Å². The Balaban J connectivity index is 2.09. The minimum atomic E-state index is -1.96. The van der Waals surface area contributed by atoms with Crippen LogP contribution in [0.2, 0.25) is 0 Å². The van der Waals surface area contributed by atoms with E-state index in [4.69, 9.17) is 3.07 Å². The van der Waals surface area contributed by atoms with Gasteiger partial charge in [-0.2, -0.15) is 0 Å². The van der Waals surface area contributed by atoms with Gasteiger partial charge in [0.15, 0.2) is 0 Å². The molecule has 0 bridgehead atoms. The second-order valence-electron chi connectivity index (χ2n) is 5.54. The normalized spacial score (nSPS) is 53.8. The Hall–Kier alpha value is 0.650. The van der Waals surface area contributed by atoms with Gasteiger partial charge in [0.25, 0.3) is 0 Å². The van der Waals surface area contributed by atoms with E-state index >= 15 is 0 Å². The van der Waals surface area contributed by atoms with Crippen LogP contribution in [0.5, 0.6) is 0 Å². The summed E-state index contributed by atoms with van der Waals surface area (Å²) in [4.78, 5) is 0. The molecular weight excluding hydrogens is 303 g/mol. The van der Waals surface area contributed by atoms with Crippen molar-refractivity contribution in [3.05, 3.63) is 0 Å². The molecule has 0 radical (unpaired) electrons. The Morgan fingerprint density at radius 3 is 2.20 bits per heavy atom. The van der Waals surface area contributed by atoms with Gasteiger partial charge in [-0.3, -0.25) is 0 Å². The molecule has 2 nitrogen and oxygen atoms in total. The van der Waals surface area contributed by atoms with E-state index in [0.29, 0.717) is 12.0 Å². The third-order valence-corrected chi connectivity index (χ3v) is 7.72. The fourth-order valence-electron chi connectivity index (χ4n) is 3.63. The van der Waals surface area contributed by atoms with E-state index in [1.54, 1.807) is 0 Å². The van der Waals surface area contributed by atoms with Gasteiger partial charge in [-0.25, -0.2) is 0 Å². The Bertz CT molecular complexity index is 234. The van der Waals surface area contributed by atoms with Crippen molar-refractivity contribution in [3.63, 3.8) is 0 Å². The van der Waals surface area contributed by atoms with Crippen molar-refractivity contribution in [3.8, 4) is 0 Å². The molecule has 0 amide bonds. The summed E-state index contributed by atoms with van der Waals surface area (Å²) in [5, 5.41) is 0. The average molecular weight is 326 g/mol. The van der Waals surface area contributed by atoms with Crippen molar-refractivity contribution in [2.75, 3.05) is 4.43 Å². The molecule has 2 aliphatic rings. The van der Waals surface area contributed by atoms with Crippen LogP contribution < -0.4 is 0 Å². The molecule has 0 aromatic rings. The topological polar surface area (TPSA) is 29.5 Å². The second-order valence-corrected chi connectivity index (χ2v) is 8.63. The van der Waals surface area contributed by atoms with Crippen LogP contribution in [-0.2, 0) is 3.07 Å². The average Bonchev–Trinajstić information content (AvgIpc) is 2.56. The van der Waals surface area contributed by atoms with Gasteiger partial charge in [0, 0.05) is 0 Å².